The standard InChI is InChI=1S/C18H16BrN3O4S/c1-2-21-17(23)15-10-12(19)6-7-16(15)20-18(21)27-9-8-26-14-5-3-4-13(11-14)22(24)25/h3-7,10-11H,2,8-9H2,1H3. The van der Waals surface area contributed by atoms with Gasteiger partial charge in [-0.15, -0.1) is 0 Å². The van der Waals surface area contributed by atoms with Crippen molar-refractivity contribution >= 4 is 44.3 Å². The second-order valence-electron chi connectivity index (χ2n) is 5.56. The van der Waals surface area contributed by atoms with Crippen LogP contribution in [0.25, 0.3) is 10.9 Å². The van der Waals surface area contributed by atoms with Crippen molar-refractivity contribution in [2.45, 2.75) is 18.6 Å². The Morgan fingerprint density at radius 3 is 2.85 bits per heavy atom. The molecule has 0 aliphatic carbocycles. The van der Waals surface area contributed by atoms with Crippen molar-refractivity contribution < 1.29 is 9.66 Å². The van der Waals surface area contributed by atoms with Crippen LogP contribution in [0.4, 0.5) is 5.69 Å². The Labute approximate surface area is 167 Å². The van der Waals surface area contributed by atoms with Crippen molar-refractivity contribution in [2.24, 2.45) is 0 Å². The largest absolute Gasteiger partial charge is 0.492 e. The van der Waals surface area contributed by atoms with E-state index >= 15 is 0 Å². The van der Waals surface area contributed by atoms with E-state index in [2.05, 4.69) is 20.9 Å². The van der Waals surface area contributed by atoms with Crippen molar-refractivity contribution in [2.75, 3.05) is 12.4 Å². The van der Waals surface area contributed by atoms with Gasteiger partial charge in [-0.1, -0.05) is 33.8 Å². The number of nitro benzene ring substituents is 1. The van der Waals surface area contributed by atoms with Gasteiger partial charge in [-0.2, -0.15) is 0 Å². The molecule has 1 heterocycles. The molecule has 0 fully saturated rings. The van der Waals surface area contributed by atoms with Gasteiger partial charge in [0.2, 0.25) is 0 Å². The predicted octanol–water partition coefficient (Wildman–Crippen LogP) is 4.26. The lowest BCUT2D eigenvalue weighted by Gasteiger charge is -2.11. The predicted molar refractivity (Wildman–Crippen MR) is 109 cm³/mol. The highest BCUT2D eigenvalue weighted by Gasteiger charge is 2.11. The normalized spacial score (nSPS) is 10.9. The molecule has 3 rings (SSSR count). The fourth-order valence-corrected chi connectivity index (χ4v) is 3.78. The zero-order valence-electron chi connectivity index (χ0n) is 14.4. The molecule has 140 valence electrons. The summed E-state index contributed by atoms with van der Waals surface area (Å²) in [5.74, 6) is 0.992. The summed E-state index contributed by atoms with van der Waals surface area (Å²) in [5, 5.41) is 12.0. The van der Waals surface area contributed by atoms with E-state index in [1.807, 2.05) is 19.1 Å². The van der Waals surface area contributed by atoms with Crippen LogP contribution in [0.3, 0.4) is 0 Å². The summed E-state index contributed by atoms with van der Waals surface area (Å²) in [7, 11) is 0. The fourth-order valence-electron chi connectivity index (χ4n) is 2.54. The highest BCUT2D eigenvalue weighted by molar-refractivity contribution is 9.10. The number of fused-ring (bicyclic) bond motifs is 1. The minimum Gasteiger partial charge on any atom is -0.492 e. The maximum absolute atomic E-state index is 12.7. The van der Waals surface area contributed by atoms with Gasteiger partial charge in [0.25, 0.3) is 11.2 Å². The molecule has 2 aromatic carbocycles. The molecule has 0 aliphatic rings. The fraction of sp³-hybridized carbons (Fsp3) is 0.222. The molecule has 3 aromatic rings. The number of non-ortho nitro benzene ring substituents is 1. The molecule has 0 unspecified atom stereocenters. The zero-order chi connectivity index (χ0) is 19.4. The van der Waals surface area contributed by atoms with Gasteiger partial charge < -0.3 is 4.74 Å². The van der Waals surface area contributed by atoms with Gasteiger partial charge in [0.05, 0.1) is 28.5 Å². The summed E-state index contributed by atoms with van der Waals surface area (Å²) >= 11 is 4.80. The quantitative estimate of drug-likeness (QED) is 0.176. The average Bonchev–Trinajstić information content (AvgIpc) is 2.66. The molecule has 0 saturated carbocycles. The lowest BCUT2D eigenvalue weighted by atomic mass is 10.2. The Morgan fingerprint density at radius 2 is 2.11 bits per heavy atom. The number of nitro groups is 1. The van der Waals surface area contributed by atoms with E-state index in [-0.39, 0.29) is 11.2 Å². The van der Waals surface area contributed by atoms with E-state index < -0.39 is 4.92 Å². The molecular formula is C18H16BrN3O4S. The van der Waals surface area contributed by atoms with Gasteiger partial charge in [0.15, 0.2) is 5.16 Å². The number of aromatic nitrogens is 2. The topological polar surface area (TPSA) is 87.3 Å². The second-order valence-corrected chi connectivity index (χ2v) is 7.53. The molecular weight excluding hydrogens is 434 g/mol. The third-order valence-corrected chi connectivity index (χ3v) is 5.24. The number of thioether (sulfide) groups is 1. The van der Waals surface area contributed by atoms with Crippen LogP contribution in [0.1, 0.15) is 6.92 Å². The number of nitrogens with zero attached hydrogens (tertiary/aromatic N) is 3. The molecule has 9 heteroatoms. The SMILES string of the molecule is CCn1c(SCCOc2cccc([N+](=O)[O-])c2)nc2ccc(Br)cc2c1=O. The first kappa shape index (κ1) is 19.4. The first-order chi connectivity index (χ1) is 13.0. The zero-order valence-corrected chi connectivity index (χ0v) is 16.8. The molecule has 0 spiro atoms. The lowest BCUT2D eigenvalue weighted by molar-refractivity contribution is -0.384. The number of benzene rings is 2. The Hall–Kier alpha value is -2.39. The monoisotopic (exact) mass is 449 g/mol. The Bertz CT molecular complexity index is 1050. The summed E-state index contributed by atoms with van der Waals surface area (Å²) in [5.41, 5.74) is 0.559. The number of hydrogen-bond acceptors (Lipinski definition) is 6. The molecule has 0 bridgehead atoms. The van der Waals surface area contributed by atoms with Crippen molar-refractivity contribution in [1.82, 2.24) is 9.55 Å². The van der Waals surface area contributed by atoms with Crippen LogP contribution in [0, 0.1) is 10.1 Å². The van der Waals surface area contributed by atoms with Crippen molar-refractivity contribution in [3.05, 3.63) is 67.4 Å². The molecule has 27 heavy (non-hydrogen) atoms. The molecule has 0 radical (unpaired) electrons. The lowest BCUT2D eigenvalue weighted by Crippen LogP contribution is -2.22. The number of halogens is 1. The maximum atomic E-state index is 12.7. The second kappa shape index (κ2) is 8.53. The smallest absolute Gasteiger partial charge is 0.273 e. The van der Waals surface area contributed by atoms with Crippen LogP contribution in [0.15, 0.2) is 56.9 Å². The van der Waals surface area contributed by atoms with Gasteiger partial charge in [-0.3, -0.25) is 19.5 Å². The van der Waals surface area contributed by atoms with Crippen LogP contribution in [0.5, 0.6) is 5.75 Å². The number of rotatable bonds is 7. The maximum Gasteiger partial charge on any atom is 0.273 e. The van der Waals surface area contributed by atoms with Crippen molar-refractivity contribution in [3.8, 4) is 5.75 Å². The van der Waals surface area contributed by atoms with E-state index in [0.717, 1.165) is 4.47 Å². The molecule has 0 amide bonds. The van der Waals surface area contributed by atoms with E-state index in [4.69, 9.17) is 4.74 Å². The van der Waals surface area contributed by atoms with Gasteiger partial charge >= 0.3 is 0 Å². The Balaban J connectivity index is 1.72. The molecule has 7 nitrogen and oxygen atoms in total. The molecule has 0 saturated heterocycles. The number of ether oxygens (including phenoxy) is 1. The van der Waals surface area contributed by atoms with Crippen LogP contribution < -0.4 is 10.3 Å². The molecule has 0 atom stereocenters. The average molecular weight is 450 g/mol. The van der Waals surface area contributed by atoms with Gasteiger partial charge in [-0.05, 0) is 31.2 Å². The summed E-state index contributed by atoms with van der Waals surface area (Å²) in [6.45, 7) is 2.75. The third-order valence-electron chi connectivity index (χ3n) is 3.81. The molecule has 0 aliphatic heterocycles. The van der Waals surface area contributed by atoms with E-state index in [1.54, 1.807) is 22.8 Å². The van der Waals surface area contributed by atoms with Crippen LogP contribution in [-0.2, 0) is 6.54 Å². The summed E-state index contributed by atoms with van der Waals surface area (Å²) in [6.07, 6.45) is 0. The van der Waals surface area contributed by atoms with Crippen LogP contribution >= 0.6 is 27.7 Å². The van der Waals surface area contributed by atoms with Crippen LogP contribution in [-0.4, -0.2) is 26.8 Å². The van der Waals surface area contributed by atoms with E-state index in [0.29, 0.717) is 40.7 Å². The first-order valence-corrected chi connectivity index (χ1v) is 9.97. The molecule has 1 aromatic heterocycles. The van der Waals surface area contributed by atoms with E-state index in [9.17, 15) is 14.9 Å². The van der Waals surface area contributed by atoms with Gasteiger partial charge in [0.1, 0.15) is 5.75 Å². The van der Waals surface area contributed by atoms with Gasteiger partial charge in [-0.25, -0.2) is 4.98 Å². The summed E-state index contributed by atoms with van der Waals surface area (Å²) in [6, 6.07) is 11.5. The van der Waals surface area contributed by atoms with E-state index in [1.165, 1.54) is 23.9 Å². The highest BCUT2D eigenvalue weighted by atomic mass is 79.9. The Morgan fingerprint density at radius 1 is 1.30 bits per heavy atom. The highest BCUT2D eigenvalue weighted by Crippen LogP contribution is 2.22. The van der Waals surface area contributed by atoms with Crippen molar-refractivity contribution in [3.63, 3.8) is 0 Å². The third kappa shape index (κ3) is 4.48. The first-order valence-electron chi connectivity index (χ1n) is 8.19. The van der Waals surface area contributed by atoms with Crippen molar-refractivity contribution in [1.29, 1.82) is 0 Å². The van der Waals surface area contributed by atoms with Gasteiger partial charge in [0, 0.05) is 22.8 Å². The number of hydrogen-bond donors (Lipinski definition) is 0. The Kier molecular flexibility index (Phi) is 6.12. The summed E-state index contributed by atoms with van der Waals surface area (Å²) in [4.78, 5) is 27.6. The minimum atomic E-state index is -0.459. The minimum absolute atomic E-state index is 0.0117. The molecule has 0 N–H and O–H groups in total. The van der Waals surface area contributed by atoms with Crippen LogP contribution in [0.2, 0.25) is 0 Å². The summed E-state index contributed by atoms with van der Waals surface area (Å²) < 4.78 is 8.05.